The van der Waals surface area contributed by atoms with Gasteiger partial charge in [-0.05, 0) is 51.1 Å². The molecule has 1 atom stereocenters. The SMILES string of the molecule is CCOc1ccc2c(n1)CCN(C(=O)OC(C)(C)C)[C@H]2C(=O)Nc1ccc([Si](C)(C)C)c(F)c1. The summed E-state index contributed by atoms with van der Waals surface area (Å²) in [6.07, 6.45) is -0.133. The van der Waals surface area contributed by atoms with Crippen molar-refractivity contribution >= 4 is 30.9 Å². The molecule has 34 heavy (non-hydrogen) atoms. The average Bonchev–Trinajstić information content (AvgIpc) is 2.70. The summed E-state index contributed by atoms with van der Waals surface area (Å²) in [5.74, 6) is -0.332. The molecule has 9 heteroatoms. The third-order valence-corrected chi connectivity index (χ3v) is 7.41. The molecular formula is C25H34FN3O4Si. The first-order valence-electron chi connectivity index (χ1n) is 11.5. The summed E-state index contributed by atoms with van der Waals surface area (Å²) in [5.41, 5.74) is 0.897. The molecule has 1 N–H and O–H groups in total. The quantitative estimate of drug-likeness (QED) is 0.622. The number of nitrogens with zero attached hydrogens (tertiary/aromatic N) is 2. The lowest BCUT2D eigenvalue weighted by molar-refractivity contribution is -0.122. The number of aromatic nitrogens is 1. The summed E-state index contributed by atoms with van der Waals surface area (Å²) in [4.78, 5) is 32.4. The first-order valence-corrected chi connectivity index (χ1v) is 15.0. The Hall–Kier alpha value is -2.94. The van der Waals surface area contributed by atoms with Gasteiger partial charge in [-0.25, -0.2) is 14.2 Å². The van der Waals surface area contributed by atoms with Crippen LogP contribution in [0.1, 0.15) is 45.0 Å². The first kappa shape index (κ1) is 25.7. The van der Waals surface area contributed by atoms with Crippen molar-refractivity contribution < 1.29 is 23.5 Å². The number of nitrogens with one attached hydrogen (secondary N) is 1. The maximum Gasteiger partial charge on any atom is 0.411 e. The number of ether oxygens (including phenoxy) is 2. The number of benzene rings is 1. The van der Waals surface area contributed by atoms with Crippen LogP contribution in [0.2, 0.25) is 19.6 Å². The van der Waals surface area contributed by atoms with Gasteiger partial charge in [0, 0.05) is 30.3 Å². The number of hydrogen-bond acceptors (Lipinski definition) is 5. The number of fused-ring (bicyclic) bond motifs is 1. The second kappa shape index (κ2) is 9.73. The normalized spacial score (nSPS) is 16.0. The molecule has 1 aromatic carbocycles. The van der Waals surface area contributed by atoms with Crippen molar-refractivity contribution in [2.24, 2.45) is 0 Å². The Balaban J connectivity index is 1.95. The fourth-order valence-electron chi connectivity index (χ4n) is 3.90. The van der Waals surface area contributed by atoms with E-state index < -0.39 is 31.7 Å². The number of amides is 2. The van der Waals surface area contributed by atoms with Gasteiger partial charge >= 0.3 is 6.09 Å². The van der Waals surface area contributed by atoms with Crippen LogP contribution in [0, 0.1) is 5.82 Å². The van der Waals surface area contributed by atoms with Crippen molar-refractivity contribution in [2.45, 2.75) is 65.4 Å². The van der Waals surface area contributed by atoms with Crippen LogP contribution < -0.4 is 15.2 Å². The summed E-state index contributed by atoms with van der Waals surface area (Å²) in [7, 11) is -1.86. The van der Waals surface area contributed by atoms with E-state index in [0.717, 1.165) is 0 Å². The van der Waals surface area contributed by atoms with Gasteiger partial charge in [0.25, 0.3) is 5.91 Å². The molecule has 0 spiro atoms. The maximum absolute atomic E-state index is 14.8. The molecule has 7 nitrogen and oxygen atoms in total. The molecule has 1 aromatic heterocycles. The fourth-order valence-corrected chi connectivity index (χ4v) is 5.28. The Morgan fingerprint density at radius 3 is 2.50 bits per heavy atom. The Labute approximate surface area is 201 Å². The Bertz CT molecular complexity index is 1080. The average molecular weight is 488 g/mol. The minimum atomic E-state index is -1.86. The molecule has 0 radical (unpaired) electrons. The van der Waals surface area contributed by atoms with Crippen LogP contribution in [0.5, 0.6) is 5.88 Å². The van der Waals surface area contributed by atoms with E-state index in [2.05, 4.69) is 29.9 Å². The van der Waals surface area contributed by atoms with E-state index in [1.807, 2.05) is 6.92 Å². The van der Waals surface area contributed by atoms with Crippen LogP contribution in [0.15, 0.2) is 30.3 Å². The Morgan fingerprint density at radius 1 is 1.21 bits per heavy atom. The molecule has 2 heterocycles. The lowest BCUT2D eigenvalue weighted by Crippen LogP contribution is -2.47. The summed E-state index contributed by atoms with van der Waals surface area (Å²) in [6, 6.07) is 7.23. The minimum Gasteiger partial charge on any atom is -0.478 e. The molecule has 0 unspecified atom stereocenters. The van der Waals surface area contributed by atoms with E-state index >= 15 is 0 Å². The zero-order valence-corrected chi connectivity index (χ0v) is 22.0. The highest BCUT2D eigenvalue weighted by atomic mass is 28.3. The van der Waals surface area contributed by atoms with Crippen molar-refractivity contribution in [1.29, 1.82) is 0 Å². The van der Waals surface area contributed by atoms with E-state index in [0.29, 0.717) is 41.0 Å². The smallest absolute Gasteiger partial charge is 0.411 e. The lowest BCUT2D eigenvalue weighted by Gasteiger charge is -2.36. The molecule has 1 aliphatic heterocycles. The van der Waals surface area contributed by atoms with Gasteiger partial charge < -0.3 is 14.8 Å². The molecule has 2 amide bonds. The second-order valence-corrected chi connectivity index (χ2v) is 15.4. The maximum atomic E-state index is 14.8. The highest BCUT2D eigenvalue weighted by Crippen LogP contribution is 2.33. The van der Waals surface area contributed by atoms with Crippen molar-refractivity contribution in [2.75, 3.05) is 18.5 Å². The van der Waals surface area contributed by atoms with E-state index in [1.54, 1.807) is 45.0 Å². The van der Waals surface area contributed by atoms with Crippen LogP contribution >= 0.6 is 0 Å². The fraction of sp³-hybridized carbons (Fsp3) is 0.480. The standard InChI is InChI=1S/C25H34FN3O4Si/c1-8-32-21-12-10-17-19(28-21)13-14-29(24(31)33-25(2,3)4)22(17)23(30)27-16-9-11-20(18(26)15-16)34(5,6)7/h9-12,15,22H,8,13-14H2,1-7H3,(H,27,30)/t22-/m1/s1. The van der Waals surface area contributed by atoms with E-state index in [1.165, 1.54) is 11.0 Å². The van der Waals surface area contributed by atoms with Crippen molar-refractivity contribution in [3.63, 3.8) is 0 Å². The molecule has 0 aliphatic carbocycles. The summed E-state index contributed by atoms with van der Waals surface area (Å²) in [5, 5.41) is 3.48. The van der Waals surface area contributed by atoms with Crippen molar-refractivity contribution in [3.05, 3.63) is 47.4 Å². The zero-order chi connectivity index (χ0) is 25.3. The molecule has 2 aromatic rings. The van der Waals surface area contributed by atoms with Crippen LogP contribution in [0.4, 0.5) is 14.9 Å². The number of halogens is 1. The van der Waals surface area contributed by atoms with Gasteiger partial charge in [-0.1, -0.05) is 25.7 Å². The van der Waals surface area contributed by atoms with Crippen LogP contribution in [0.3, 0.4) is 0 Å². The van der Waals surface area contributed by atoms with Gasteiger partial charge in [0.2, 0.25) is 5.88 Å². The number of anilines is 1. The number of carbonyl (C=O) groups is 2. The molecule has 0 saturated carbocycles. The second-order valence-electron chi connectivity index (χ2n) is 10.4. The van der Waals surface area contributed by atoms with E-state index in [-0.39, 0.29) is 12.4 Å². The van der Waals surface area contributed by atoms with Crippen LogP contribution in [0.25, 0.3) is 0 Å². The molecule has 3 rings (SSSR count). The molecule has 1 aliphatic rings. The Kier molecular flexibility index (Phi) is 7.35. The van der Waals surface area contributed by atoms with Gasteiger partial charge in [0.05, 0.1) is 20.4 Å². The highest BCUT2D eigenvalue weighted by Gasteiger charge is 2.39. The minimum absolute atomic E-state index is 0.255. The number of pyridine rings is 1. The van der Waals surface area contributed by atoms with Gasteiger partial charge in [0.1, 0.15) is 17.5 Å². The predicted octanol–water partition coefficient (Wildman–Crippen LogP) is 4.64. The molecule has 0 bridgehead atoms. The van der Waals surface area contributed by atoms with Crippen molar-refractivity contribution in [1.82, 2.24) is 9.88 Å². The Morgan fingerprint density at radius 2 is 1.91 bits per heavy atom. The van der Waals surface area contributed by atoms with Gasteiger partial charge in [-0.3, -0.25) is 9.69 Å². The monoisotopic (exact) mass is 487 g/mol. The van der Waals surface area contributed by atoms with Gasteiger partial charge in [-0.2, -0.15) is 0 Å². The highest BCUT2D eigenvalue weighted by molar-refractivity contribution is 6.88. The number of hydrogen-bond donors (Lipinski definition) is 1. The van der Waals surface area contributed by atoms with Crippen molar-refractivity contribution in [3.8, 4) is 5.88 Å². The number of carbonyl (C=O) groups excluding carboxylic acids is 2. The predicted molar refractivity (Wildman–Crippen MR) is 133 cm³/mol. The topological polar surface area (TPSA) is 80.8 Å². The largest absolute Gasteiger partial charge is 0.478 e. The number of rotatable bonds is 5. The zero-order valence-electron chi connectivity index (χ0n) is 21.0. The van der Waals surface area contributed by atoms with Gasteiger partial charge in [-0.15, -0.1) is 0 Å². The molecular weight excluding hydrogens is 453 g/mol. The van der Waals surface area contributed by atoms with E-state index in [9.17, 15) is 14.0 Å². The first-order chi connectivity index (χ1) is 15.8. The molecule has 0 fully saturated rings. The summed E-state index contributed by atoms with van der Waals surface area (Å²) < 4.78 is 25.8. The molecule has 0 saturated heterocycles. The van der Waals surface area contributed by atoms with Crippen LogP contribution in [-0.2, 0) is 16.0 Å². The van der Waals surface area contributed by atoms with Gasteiger partial charge in [0.15, 0.2) is 0 Å². The third-order valence-electron chi connectivity index (χ3n) is 5.39. The third kappa shape index (κ3) is 5.94. The van der Waals surface area contributed by atoms with E-state index in [4.69, 9.17) is 9.47 Å². The summed E-state index contributed by atoms with van der Waals surface area (Å²) >= 11 is 0. The molecule has 184 valence electrons. The van der Waals surface area contributed by atoms with Crippen LogP contribution in [-0.4, -0.2) is 48.7 Å². The lowest BCUT2D eigenvalue weighted by atomic mass is 9.96. The summed E-state index contributed by atoms with van der Waals surface area (Å²) in [6.45, 7) is 14.1.